The molecule has 4 heterocycles. The van der Waals surface area contributed by atoms with Gasteiger partial charge >= 0.3 is 0 Å². The molecule has 6 nitrogen and oxygen atoms in total. The monoisotopic (exact) mass is 442 g/mol. The van der Waals surface area contributed by atoms with E-state index in [0.717, 1.165) is 55.5 Å². The van der Waals surface area contributed by atoms with Crippen LogP contribution in [0.25, 0.3) is 43.9 Å². The van der Waals surface area contributed by atoms with Crippen LogP contribution in [-0.2, 0) is 0 Å². The Morgan fingerprint density at radius 3 is 1.33 bits per heavy atom. The third kappa shape index (κ3) is 5.34. The topological polar surface area (TPSA) is 83.1 Å². The summed E-state index contributed by atoms with van der Waals surface area (Å²) in [5, 5.41) is 2.21. The largest absolute Gasteiger partial charge is 0.341 e. The van der Waals surface area contributed by atoms with Crippen LogP contribution in [0.4, 0.5) is 0 Å². The Balaban J connectivity index is 0.000000198. The van der Waals surface area contributed by atoms with Crippen LogP contribution in [0, 0.1) is 13.8 Å². The summed E-state index contributed by atoms with van der Waals surface area (Å²) in [6.07, 6.45) is 3.66. The van der Waals surface area contributed by atoms with E-state index in [2.05, 4.69) is 29.9 Å². The average molecular weight is 443 g/mol. The summed E-state index contributed by atoms with van der Waals surface area (Å²) in [4.78, 5) is 23.9. The molecule has 0 bridgehead atoms. The van der Waals surface area contributed by atoms with Gasteiger partial charge in [0.05, 0.1) is 45.5 Å². The maximum absolute atomic E-state index is 4.45. The Morgan fingerprint density at radius 2 is 0.939 bits per heavy atom. The zero-order valence-electron chi connectivity index (χ0n) is 19.6. The molecule has 0 saturated carbocycles. The fraction of sp³-hybridized carbons (Fsp3) is 0.259. The molecule has 0 atom stereocenters. The van der Waals surface area contributed by atoms with Crippen molar-refractivity contribution in [2.45, 2.75) is 49.0 Å². The first kappa shape index (κ1) is 25.5. The van der Waals surface area contributed by atoms with Crippen LogP contribution in [0.15, 0.2) is 60.9 Å². The Morgan fingerprint density at radius 1 is 0.576 bits per heavy atom. The van der Waals surface area contributed by atoms with Gasteiger partial charge in [0.2, 0.25) is 0 Å². The van der Waals surface area contributed by atoms with Crippen LogP contribution in [0.1, 0.15) is 46.8 Å². The molecular formula is C27H34N6. The van der Waals surface area contributed by atoms with Crippen molar-refractivity contribution in [2.75, 3.05) is 0 Å². The summed E-state index contributed by atoms with van der Waals surface area (Å²) >= 11 is 0. The predicted molar refractivity (Wildman–Crippen MR) is 142 cm³/mol. The summed E-state index contributed by atoms with van der Waals surface area (Å²) in [6.45, 7) is 11.9. The van der Waals surface area contributed by atoms with Crippen molar-refractivity contribution in [3.05, 3.63) is 72.6 Å². The highest BCUT2D eigenvalue weighted by Gasteiger charge is 2.05. The van der Waals surface area contributed by atoms with Gasteiger partial charge in [-0.3, -0.25) is 9.97 Å². The molecule has 0 saturated heterocycles. The highest BCUT2D eigenvalue weighted by atomic mass is 14.9. The molecule has 33 heavy (non-hydrogen) atoms. The number of nitrogens with zero attached hydrogens (tertiary/aromatic N) is 4. The van der Waals surface area contributed by atoms with Crippen LogP contribution in [0.2, 0.25) is 0 Å². The minimum Gasteiger partial charge on any atom is -0.341 e. The van der Waals surface area contributed by atoms with Crippen molar-refractivity contribution in [1.82, 2.24) is 29.9 Å². The Labute approximate surface area is 195 Å². The number of imidazole rings is 2. The molecule has 6 aromatic rings. The van der Waals surface area contributed by atoms with E-state index >= 15 is 0 Å². The molecule has 0 aliphatic carbocycles. The van der Waals surface area contributed by atoms with Gasteiger partial charge in [0.1, 0.15) is 11.6 Å². The van der Waals surface area contributed by atoms with Gasteiger partial charge < -0.3 is 9.97 Å². The molecule has 6 rings (SSSR count). The maximum Gasteiger partial charge on any atom is 0.104 e. The van der Waals surface area contributed by atoms with Gasteiger partial charge in [0.25, 0.3) is 0 Å². The van der Waals surface area contributed by atoms with Crippen molar-refractivity contribution in [2.24, 2.45) is 0 Å². The fourth-order valence-corrected chi connectivity index (χ4v) is 3.46. The van der Waals surface area contributed by atoms with Crippen LogP contribution in [0.3, 0.4) is 0 Å². The highest BCUT2D eigenvalue weighted by Crippen LogP contribution is 2.21. The van der Waals surface area contributed by atoms with Crippen molar-refractivity contribution >= 4 is 43.9 Å². The number of nitrogens with one attached hydrogen (secondary N) is 2. The van der Waals surface area contributed by atoms with Gasteiger partial charge in [-0.15, -0.1) is 0 Å². The molecule has 4 aromatic heterocycles. The van der Waals surface area contributed by atoms with Gasteiger partial charge in [-0.05, 0) is 26.0 Å². The van der Waals surface area contributed by atoms with E-state index in [1.54, 1.807) is 0 Å². The molecule has 0 unspecified atom stereocenters. The number of aryl methyl sites for hydroxylation is 2. The van der Waals surface area contributed by atoms with Gasteiger partial charge in [-0.2, -0.15) is 0 Å². The first-order chi connectivity index (χ1) is 15.7. The summed E-state index contributed by atoms with van der Waals surface area (Å²) in [6, 6.07) is 16.1. The number of pyridine rings is 2. The second-order valence-electron chi connectivity index (χ2n) is 6.72. The van der Waals surface area contributed by atoms with E-state index in [1.165, 1.54) is 0 Å². The zero-order valence-corrected chi connectivity index (χ0v) is 19.6. The molecule has 0 spiro atoms. The molecule has 6 heteroatoms. The normalized spacial score (nSPS) is 9.88. The number of fused-ring (bicyclic) bond motifs is 6. The summed E-state index contributed by atoms with van der Waals surface area (Å²) in [5.41, 5.74) is 6.00. The van der Waals surface area contributed by atoms with Crippen LogP contribution >= 0.6 is 0 Å². The molecule has 0 radical (unpaired) electrons. The van der Waals surface area contributed by atoms with Gasteiger partial charge in [0.15, 0.2) is 0 Å². The third-order valence-electron chi connectivity index (χ3n) is 4.68. The lowest BCUT2D eigenvalue weighted by atomic mass is 10.2. The number of hydrogen-bond donors (Lipinski definition) is 2. The molecular weight excluding hydrogens is 408 g/mol. The van der Waals surface area contributed by atoms with Gasteiger partial charge in [0, 0.05) is 10.8 Å². The number of para-hydroxylation sites is 2. The van der Waals surface area contributed by atoms with E-state index in [-0.39, 0.29) is 7.43 Å². The second kappa shape index (κ2) is 11.7. The highest BCUT2D eigenvalue weighted by molar-refractivity contribution is 6.02. The minimum atomic E-state index is 0. The minimum absolute atomic E-state index is 0. The Hall–Kier alpha value is -3.80. The predicted octanol–water partition coefficient (Wildman–Crippen LogP) is 7.53. The number of aromatic nitrogens is 6. The molecule has 0 fully saturated rings. The van der Waals surface area contributed by atoms with Crippen LogP contribution in [0.5, 0.6) is 0 Å². The maximum atomic E-state index is 4.45. The summed E-state index contributed by atoms with van der Waals surface area (Å²) in [7, 11) is 0. The van der Waals surface area contributed by atoms with E-state index in [1.807, 2.05) is 102 Å². The number of hydrogen-bond acceptors (Lipinski definition) is 4. The first-order valence-electron chi connectivity index (χ1n) is 11.1. The average Bonchev–Trinajstić information content (AvgIpc) is 3.43. The van der Waals surface area contributed by atoms with Crippen LogP contribution < -0.4 is 0 Å². The zero-order chi connectivity index (χ0) is 23.1. The van der Waals surface area contributed by atoms with Crippen molar-refractivity contribution in [1.29, 1.82) is 0 Å². The van der Waals surface area contributed by atoms with Gasteiger partial charge in [-0.1, -0.05) is 71.5 Å². The third-order valence-corrected chi connectivity index (χ3v) is 4.68. The molecule has 172 valence electrons. The fourth-order valence-electron chi connectivity index (χ4n) is 3.46. The van der Waals surface area contributed by atoms with E-state index in [0.29, 0.717) is 0 Å². The number of rotatable bonds is 0. The van der Waals surface area contributed by atoms with Crippen molar-refractivity contribution in [3.8, 4) is 0 Å². The lowest BCUT2D eigenvalue weighted by Crippen LogP contribution is -1.79. The lowest BCUT2D eigenvalue weighted by molar-refractivity contribution is 1.17. The van der Waals surface area contributed by atoms with Crippen molar-refractivity contribution in [3.63, 3.8) is 0 Å². The van der Waals surface area contributed by atoms with Gasteiger partial charge in [-0.25, -0.2) is 9.97 Å². The SMILES string of the molecule is C.CC.CC.Cc1nc2c(cnc3ccccc32)[nH]1.Cc1nc2c(cnc3ccccc32)[nH]1. The Kier molecular flexibility index (Phi) is 9.04. The van der Waals surface area contributed by atoms with Crippen LogP contribution in [-0.4, -0.2) is 29.9 Å². The first-order valence-corrected chi connectivity index (χ1v) is 11.1. The number of H-pyrrole nitrogens is 2. The number of aromatic amines is 2. The summed E-state index contributed by atoms with van der Waals surface area (Å²) < 4.78 is 0. The molecule has 2 N–H and O–H groups in total. The lowest BCUT2D eigenvalue weighted by Gasteiger charge is -1.95. The molecule has 0 aliphatic rings. The molecule has 2 aromatic carbocycles. The van der Waals surface area contributed by atoms with Crippen molar-refractivity contribution < 1.29 is 0 Å². The Bertz CT molecular complexity index is 1330. The number of benzene rings is 2. The second-order valence-corrected chi connectivity index (χ2v) is 6.72. The molecule has 0 amide bonds. The van der Waals surface area contributed by atoms with E-state index in [4.69, 9.17) is 0 Å². The van der Waals surface area contributed by atoms with E-state index in [9.17, 15) is 0 Å². The smallest absolute Gasteiger partial charge is 0.104 e. The quantitative estimate of drug-likeness (QED) is 0.255. The summed E-state index contributed by atoms with van der Waals surface area (Å²) in [5.74, 6) is 1.86. The standard InChI is InChI=1S/2C11H9N3.2C2H6.CH4/c2*1-7-13-10-6-12-9-5-3-2-4-8(9)11(10)14-7;2*1-2;/h2*2-6H,1H3,(H,13,14);2*1-2H3;1H4. The van der Waals surface area contributed by atoms with E-state index < -0.39 is 0 Å². The molecule has 0 aliphatic heterocycles.